The molecule has 0 atom stereocenters. The number of aromatic carboxylic acids is 1. The second-order valence-electron chi connectivity index (χ2n) is 7.34. The summed E-state index contributed by atoms with van der Waals surface area (Å²) < 4.78 is 2.12. The van der Waals surface area contributed by atoms with Gasteiger partial charge in [-0.15, -0.1) is 0 Å². The van der Waals surface area contributed by atoms with Crippen molar-refractivity contribution in [1.82, 2.24) is 9.55 Å². The number of rotatable bonds is 3. The van der Waals surface area contributed by atoms with E-state index in [1.807, 2.05) is 42.7 Å². The highest BCUT2D eigenvalue weighted by molar-refractivity contribution is 5.91. The zero-order chi connectivity index (χ0) is 19.8. The third-order valence-corrected chi connectivity index (χ3v) is 5.64. The highest BCUT2D eigenvalue weighted by Crippen LogP contribution is 2.34. The van der Waals surface area contributed by atoms with Crippen molar-refractivity contribution in [2.24, 2.45) is 0 Å². The summed E-state index contributed by atoms with van der Waals surface area (Å²) in [4.78, 5) is 16.1. The normalized spacial score (nSPS) is 14.4. The van der Waals surface area contributed by atoms with E-state index in [9.17, 15) is 9.90 Å². The van der Waals surface area contributed by atoms with Gasteiger partial charge < -0.3 is 9.67 Å². The highest BCUT2D eigenvalue weighted by Gasteiger charge is 2.19. The largest absolute Gasteiger partial charge is 0.478 e. The average molecular weight is 380 g/mol. The Kier molecular flexibility index (Phi) is 4.24. The average Bonchev–Trinajstić information content (AvgIpc) is 3.09. The van der Waals surface area contributed by atoms with Crippen LogP contribution < -0.4 is 0 Å². The molecule has 29 heavy (non-hydrogen) atoms. The molecule has 3 aromatic carbocycles. The van der Waals surface area contributed by atoms with Crippen LogP contribution in [0.5, 0.6) is 0 Å². The van der Waals surface area contributed by atoms with Crippen LogP contribution in [-0.4, -0.2) is 20.6 Å². The molecule has 4 heteroatoms. The van der Waals surface area contributed by atoms with Crippen molar-refractivity contribution < 1.29 is 9.90 Å². The minimum atomic E-state index is -0.898. The van der Waals surface area contributed by atoms with Crippen molar-refractivity contribution in [3.63, 3.8) is 0 Å². The van der Waals surface area contributed by atoms with Gasteiger partial charge in [0.1, 0.15) is 0 Å². The van der Waals surface area contributed by atoms with Crippen LogP contribution >= 0.6 is 0 Å². The Hall–Kier alpha value is -3.66. The molecule has 1 aliphatic carbocycles. The maximum absolute atomic E-state index is 11.6. The summed E-state index contributed by atoms with van der Waals surface area (Å²) in [6.07, 6.45) is 5.90. The van der Waals surface area contributed by atoms with Gasteiger partial charge in [-0.25, -0.2) is 9.78 Å². The van der Waals surface area contributed by atoms with Crippen LogP contribution in [-0.2, 0) is 19.4 Å². The highest BCUT2D eigenvalue weighted by atomic mass is 16.4. The first-order chi connectivity index (χ1) is 14.2. The minimum absolute atomic E-state index is 0.321. The number of benzene rings is 3. The molecular weight excluding hydrogens is 360 g/mol. The fourth-order valence-corrected chi connectivity index (χ4v) is 4.16. The van der Waals surface area contributed by atoms with E-state index in [1.54, 1.807) is 6.07 Å². The number of para-hydroxylation sites is 2. The third-order valence-electron chi connectivity index (χ3n) is 5.64. The third kappa shape index (κ3) is 3.13. The maximum Gasteiger partial charge on any atom is 0.335 e. The van der Waals surface area contributed by atoms with E-state index in [0.29, 0.717) is 12.1 Å². The van der Waals surface area contributed by atoms with Crippen LogP contribution in [0.1, 0.15) is 32.6 Å². The first kappa shape index (κ1) is 17.4. The number of fused-ring (bicyclic) bond motifs is 3. The van der Waals surface area contributed by atoms with E-state index in [0.717, 1.165) is 35.0 Å². The molecule has 142 valence electrons. The van der Waals surface area contributed by atoms with Crippen molar-refractivity contribution in [2.45, 2.75) is 19.4 Å². The van der Waals surface area contributed by atoms with E-state index in [4.69, 9.17) is 0 Å². The molecule has 1 aliphatic rings. The minimum Gasteiger partial charge on any atom is -0.478 e. The van der Waals surface area contributed by atoms with Gasteiger partial charge in [0.25, 0.3) is 0 Å². The Morgan fingerprint density at radius 1 is 0.966 bits per heavy atom. The molecule has 1 heterocycles. The fraction of sp³-hybridized carbons (Fsp3) is 0.120. The number of carboxylic acids is 1. The van der Waals surface area contributed by atoms with Gasteiger partial charge >= 0.3 is 5.97 Å². The number of hydrogen-bond acceptors (Lipinski definition) is 2. The molecule has 0 saturated heterocycles. The molecule has 1 aromatic heterocycles. The summed E-state index contributed by atoms with van der Waals surface area (Å²) in [6.45, 7) is 0.668. The van der Waals surface area contributed by atoms with Crippen LogP contribution in [0.25, 0.3) is 16.6 Å². The van der Waals surface area contributed by atoms with Gasteiger partial charge in [0, 0.05) is 6.54 Å². The van der Waals surface area contributed by atoms with Crippen LogP contribution in [0, 0.1) is 0 Å². The molecule has 4 aromatic rings. The van der Waals surface area contributed by atoms with Crippen LogP contribution in [0.4, 0.5) is 0 Å². The number of hydrogen-bond donors (Lipinski definition) is 1. The van der Waals surface area contributed by atoms with Crippen molar-refractivity contribution in [3.8, 4) is 0 Å². The Labute approximate surface area is 168 Å². The van der Waals surface area contributed by atoms with E-state index >= 15 is 0 Å². The lowest BCUT2D eigenvalue weighted by Gasteiger charge is -2.13. The summed E-state index contributed by atoms with van der Waals surface area (Å²) in [6, 6.07) is 22.0. The first-order valence-electron chi connectivity index (χ1n) is 9.75. The van der Waals surface area contributed by atoms with E-state index < -0.39 is 5.97 Å². The van der Waals surface area contributed by atoms with Gasteiger partial charge in [0.2, 0.25) is 0 Å². The van der Waals surface area contributed by atoms with E-state index in [1.165, 1.54) is 16.7 Å². The van der Waals surface area contributed by atoms with Crippen LogP contribution in [0.2, 0.25) is 0 Å². The first-order valence-corrected chi connectivity index (χ1v) is 9.75. The van der Waals surface area contributed by atoms with Gasteiger partial charge in [0.15, 0.2) is 0 Å². The lowest BCUT2D eigenvalue weighted by molar-refractivity contribution is 0.0697. The van der Waals surface area contributed by atoms with Gasteiger partial charge in [-0.1, -0.05) is 48.5 Å². The number of nitrogens with zero attached hydrogens (tertiary/aromatic N) is 2. The molecule has 0 saturated carbocycles. The Bertz CT molecular complexity index is 1270. The van der Waals surface area contributed by atoms with Gasteiger partial charge in [0.05, 0.1) is 22.9 Å². The molecule has 0 fully saturated rings. The summed E-state index contributed by atoms with van der Waals surface area (Å²) in [7, 11) is 0. The monoisotopic (exact) mass is 380 g/mol. The SMILES string of the molecule is O=C(O)c1ccc2c(c1)/C(=C/Cn1cnc3ccccc31)c1ccccc1CC2. The van der Waals surface area contributed by atoms with Crippen LogP contribution in [0.15, 0.2) is 79.1 Å². The van der Waals surface area contributed by atoms with Gasteiger partial charge in [-0.2, -0.15) is 0 Å². The van der Waals surface area contributed by atoms with E-state index in [-0.39, 0.29) is 0 Å². The number of aryl methyl sites for hydroxylation is 2. The van der Waals surface area contributed by atoms with E-state index in [2.05, 4.69) is 39.9 Å². The van der Waals surface area contributed by atoms with Crippen molar-refractivity contribution in [3.05, 3.63) is 107 Å². The molecule has 1 N–H and O–H groups in total. The maximum atomic E-state index is 11.6. The quantitative estimate of drug-likeness (QED) is 0.546. The zero-order valence-corrected chi connectivity index (χ0v) is 15.9. The Balaban J connectivity index is 1.66. The predicted octanol–water partition coefficient (Wildman–Crippen LogP) is 4.97. The lowest BCUT2D eigenvalue weighted by atomic mass is 9.92. The summed E-state index contributed by atoms with van der Waals surface area (Å²) in [5.74, 6) is -0.898. The fourth-order valence-electron chi connectivity index (χ4n) is 4.16. The summed E-state index contributed by atoms with van der Waals surface area (Å²) in [5, 5.41) is 9.50. The molecule has 0 radical (unpaired) electrons. The summed E-state index contributed by atoms with van der Waals surface area (Å²) in [5.41, 5.74) is 8.15. The van der Waals surface area contributed by atoms with Crippen molar-refractivity contribution >= 4 is 22.6 Å². The number of imidazole rings is 1. The smallest absolute Gasteiger partial charge is 0.335 e. The Morgan fingerprint density at radius 3 is 2.59 bits per heavy atom. The molecule has 0 bridgehead atoms. The second-order valence-corrected chi connectivity index (χ2v) is 7.34. The standard InChI is InChI=1S/C25H20N2O2/c28-25(29)19-12-11-18-10-9-17-5-1-2-6-20(17)21(22(18)15-19)13-14-27-16-26-23-7-3-4-8-24(23)27/h1-8,11-13,15-16H,9-10,14H2,(H,28,29)/b21-13+. The molecule has 5 rings (SSSR count). The lowest BCUT2D eigenvalue weighted by Crippen LogP contribution is -2.01. The predicted molar refractivity (Wildman–Crippen MR) is 114 cm³/mol. The number of carbonyl (C=O) groups is 1. The number of aromatic nitrogens is 2. The van der Waals surface area contributed by atoms with Gasteiger partial charge in [-0.05, 0) is 64.9 Å². The topological polar surface area (TPSA) is 55.1 Å². The zero-order valence-electron chi connectivity index (χ0n) is 15.9. The van der Waals surface area contributed by atoms with Gasteiger partial charge in [-0.3, -0.25) is 0 Å². The van der Waals surface area contributed by atoms with Crippen molar-refractivity contribution in [2.75, 3.05) is 0 Å². The van der Waals surface area contributed by atoms with Crippen molar-refractivity contribution in [1.29, 1.82) is 0 Å². The summed E-state index contributed by atoms with van der Waals surface area (Å²) >= 11 is 0. The number of allylic oxidation sites excluding steroid dienone is 1. The number of carboxylic acid groups (broad SMARTS) is 1. The Morgan fingerprint density at radius 2 is 1.72 bits per heavy atom. The second kappa shape index (κ2) is 7.06. The molecule has 0 unspecified atom stereocenters. The molecule has 0 spiro atoms. The molecule has 4 nitrogen and oxygen atoms in total. The van der Waals surface area contributed by atoms with Crippen LogP contribution in [0.3, 0.4) is 0 Å². The molecule has 0 amide bonds. The molecular formula is C25H20N2O2. The molecule has 0 aliphatic heterocycles.